The van der Waals surface area contributed by atoms with Gasteiger partial charge in [0.05, 0.1) is 13.5 Å². The Morgan fingerprint density at radius 3 is 3.00 bits per heavy atom. The summed E-state index contributed by atoms with van der Waals surface area (Å²) >= 11 is 0. The van der Waals surface area contributed by atoms with Gasteiger partial charge in [-0.15, -0.1) is 0 Å². The number of rotatable bonds is 0. The predicted molar refractivity (Wildman–Crippen MR) is 41.1 cm³/mol. The van der Waals surface area contributed by atoms with Crippen LogP contribution in [0.5, 0.6) is 0 Å². The molecule has 0 saturated carbocycles. The largest absolute Gasteiger partial charge is 0.319 e. The minimum Gasteiger partial charge on any atom is -0.182 e. The lowest BCUT2D eigenvalue weighted by molar-refractivity contribution is -0.785. The molecular formula is C8H14N3+. The third kappa shape index (κ3) is 0.951. The molecule has 2 rings (SSSR count). The van der Waals surface area contributed by atoms with Gasteiger partial charge in [0.1, 0.15) is 6.54 Å². The lowest BCUT2D eigenvalue weighted by Gasteiger charge is -2.06. The summed E-state index contributed by atoms with van der Waals surface area (Å²) in [4.78, 5) is 4.48. The zero-order valence-electron chi connectivity index (χ0n) is 7.17. The number of nitrogens with zero attached hydrogens (tertiary/aromatic N) is 3. The highest BCUT2D eigenvalue weighted by molar-refractivity contribution is 4.84. The maximum Gasteiger partial charge on any atom is 0.319 e. The van der Waals surface area contributed by atoms with Gasteiger partial charge in [-0.2, -0.15) is 9.36 Å². The molecule has 0 N–H and O–H groups in total. The van der Waals surface area contributed by atoms with Crippen molar-refractivity contribution in [3.63, 3.8) is 0 Å². The molecule has 3 heteroatoms. The van der Waals surface area contributed by atoms with Gasteiger partial charge in [0.15, 0.2) is 0 Å². The topological polar surface area (TPSA) is 21.7 Å². The van der Waals surface area contributed by atoms with Gasteiger partial charge in [-0.05, 0) is 17.8 Å². The molecule has 0 spiro atoms. The molecule has 0 aromatic carbocycles. The van der Waals surface area contributed by atoms with E-state index in [2.05, 4.69) is 28.3 Å². The zero-order chi connectivity index (χ0) is 7.84. The fourth-order valence-corrected chi connectivity index (χ4v) is 1.67. The lowest BCUT2D eigenvalue weighted by Crippen LogP contribution is -2.47. The molecule has 1 aromatic rings. The Morgan fingerprint density at radius 2 is 2.27 bits per heavy atom. The molecule has 0 saturated heterocycles. The first-order chi connectivity index (χ1) is 5.29. The zero-order valence-corrected chi connectivity index (χ0v) is 7.17. The van der Waals surface area contributed by atoms with Crippen molar-refractivity contribution in [2.75, 3.05) is 0 Å². The van der Waals surface area contributed by atoms with Gasteiger partial charge in [0, 0.05) is 6.92 Å². The molecule has 0 fully saturated rings. The van der Waals surface area contributed by atoms with Crippen LogP contribution in [0, 0.1) is 6.92 Å². The molecular weight excluding hydrogens is 138 g/mol. The van der Waals surface area contributed by atoms with Gasteiger partial charge in [-0.25, -0.2) is 0 Å². The van der Waals surface area contributed by atoms with Gasteiger partial charge in [0.2, 0.25) is 0 Å². The predicted octanol–water partition coefficient (Wildman–Crippen LogP) is 0.352. The second-order valence-electron chi connectivity index (χ2n) is 3.18. The van der Waals surface area contributed by atoms with Crippen molar-refractivity contribution in [2.45, 2.75) is 32.7 Å². The number of hydrogen-bond donors (Lipinski definition) is 0. The SMILES string of the molecule is Cc1nc2[n+](n1C)CCCC2. The summed E-state index contributed by atoms with van der Waals surface area (Å²) in [5, 5.41) is 0. The first-order valence-electron chi connectivity index (χ1n) is 4.21. The van der Waals surface area contributed by atoms with Gasteiger partial charge >= 0.3 is 5.82 Å². The second kappa shape index (κ2) is 2.32. The van der Waals surface area contributed by atoms with Crippen molar-refractivity contribution < 1.29 is 4.68 Å². The van der Waals surface area contributed by atoms with E-state index >= 15 is 0 Å². The minimum atomic E-state index is 1.13. The summed E-state index contributed by atoms with van der Waals surface area (Å²) in [5.41, 5.74) is 0. The van der Waals surface area contributed by atoms with Crippen LogP contribution in [0.2, 0.25) is 0 Å². The maximum atomic E-state index is 4.48. The monoisotopic (exact) mass is 152 g/mol. The molecule has 1 aromatic heterocycles. The fourth-order valence-electron chi connectivity index (χ4n) is 1.67. The molecule has 0 atom stereocenters. The van der Waals surface area contributed by atoms with Crippen LogP contribution in [-0.4, -0.2) is 9.67 Å². The van der Waals surface area contributed by atoms with Gasteiger partial charge in [-0.3, -0.25) is 0 Å². The Kier molecular flexibility index (Phi) is 1.44. The number of fused-ring (bicyclic) bond motifs is 1. The highest BCUT2D eigenvalue weighted by Crippen LogP contribution is 2.05. The molecule has 1 aliphatic rings. The highest BCUT2D eigenvalue weighted by atomic mass is 15.4. The Balaban J connectivity index is 2.50. The molecule has 11 heavy (non-hydrogen) atoms. The fraction of sp³-hybridized carbons (Fsp3) is 0.750. The second-order valence-corrected chi connectivity index (χ2v) is 3.18. The third-order valence-corrected chi connectivity index (χ3v) is 2.44. The Bertz CT molecular complexity index is 275. The number of aromatic nitrogens is 3. The van der Waals surface area contributed by atoms with Crippen molar-refractivity contribution in [1.82, 2.24) is 9.67 Å². The molecule has 3 nitrogen and oxygen atoms in total. The van der Waals surface area contributed by atoms with Gasteiger partial charge < -0.3 is 0 Å². The first-order valence-corrected chi connectivity index (χ1v) is 4.21. The molecule has 0 aliphatic carbocycles. The minimum absolute atomic E-state index is 1.13. The van der Waals surface area contributed by atoms with Gasteiger partial charge in [-0.1, -0.05) is 0 Å². The summed E-state index contributed by atoms with van der Waals surface area (Å²) in [6.07, 6.45) is 3.76. The van der Waals surface area contributed by atoms with Crippen LogP contribution in [0.1, 0.15) is 24.5 Å². The van der Waals surface area contributed by atoms with E-state index in [-0.39, 0.29) is 0 Å². The standard InChI is InChI=1S/C8H14N3/c1-7-9-8-5-3-4-6-11(8)10(7)2/h3-6H2,1-2H3/q+1. The Hall–Kier alpha value is -0.860. The van der Waals surface area contributed by atoms with E-state index in [9.17, 15) is 0 Å². The molecule has 0 unspecified atom stereocenters. The summed E-state index contributed by atoms with van der Waals surface area (Å²) < 4.78 is 4.42. The van der Waals surface area contributed by atoms with Crippen LogP contribution in [0.3, 0.4) is 0 Å². The average molecular weight is 152 g/mol. The quantitative estimate of drug-likeness (QED) is 0.492. The van der Waals surface area contributed by atoms with E-state index in [1.54, 1.807) is 0 Å². The van der Waals surface area contributed by atoms with E-state index in [4.69, 9.17) is 0 Å². The van der Waals surface area contributed by atoms with Crippen LogP contribution in [0.4, 0.5) is 0 Å². The Morgan fingerprint density at radius 1 is 1.45 bits per heavy atom. The smallest absolute Gasteiger partial charge is 0.182 e. The van der Waals surface area contributed by atoms with Gasteiger partial charge in [0.25, 0.3) is 5.82 Å². The normalized spacial score (nSPS) is 16.5. The molecule has 60 valence electrons. The van der Waals surface area contributed by atoms with Crippen LogP contribution in [-0.2, 0) is 20.0 Å². The number of aryl methyl sites for hydroxylation is 2. The molecule has 2 heterocycles. The van der Waals surface area contributed by atoms with Crippen LogP contribution in [0.15, 0.2) is 0 Å². The highest BCUT2D eigenvalue weighted by Gasteiger charge is 2.23. The molecule has 0 amide bonds. The van der Waals surface area contributed by atoms with E-state index in [0.29, 0.717) is 0 Å². The molecule has 1 aliphatic heterocycles. The summed E-state index contributed by atoms with van der Waals surface area (Å²) in [5.74, 6) is 2.39. The number of hydrogen-bond acceptors (Lipinski definition) is 1. The van der Waals surface area contributed by atoms with Crippen molar-refractivity contribution in [2.24, 2.45) is 7.05 Å². The van der Waals surface area contributed by atoms with Crippen LogP contribution >= 0.6 is 0 Å². The summed E-state index contributed by atoms with van der Waals surface area (Å²) in [6.45, 7) is 3.21. The summed E-state index contributed by atoms with van der Waals surface area (Å²) in [7, 11) is 2.08. The maximum absolute atomic E-state index is 4.48. The molecule has 0 radical (unpaired) electrons. The third-order valence-electron chi connectivity index (χ3n) is 2.44. The molecule has 0 bridgehead atoms. The van der Waals surface area contributed by atoms with Crippen molar-refractivity contribution in [1.29, 1.82) is 0 Å². The van der Waals surface area contributed by atoms with E-state index < -0.39 is 0 Å². The van der Waals surface area contributed by atoms with E-state index in [0.717, 1.165) is 18.8 Å². The van der Waals surface area contributed by atoms with Crippen molar-refractivity contribution in [3.8, 4) is 0 Å². The van der Waals surface area contributed by atoms with Crippen LogP contribution < -0.4 is 4.68 Å². The average Bonchev–Trinajstić information content (AvgIpc) is 2.30. The first kappa shape index (κ1) is 6.83. The van der Waals surface area contributed by atoms with Crippen molar-refractivity contribution in [3.05, 3.63) is 11.6 Å². The van der Waals surface area contributed by atoms with E-state index in [1.165, 1.54) is 18.7 Å². The van der Waals surface area contributed by atoms with E-state index in [1.807, 2.05) is 0 Å². The Labute approximate surface area is 66.7 Å². The van der Waals surface area contributed by atoms with Crippen LogP contribution in [0.25, 0.3) is 0 Å². The van der Waals surface area contributed by atoms with Crippen molar-refractivity contribution >= 4 is 0 Å². The summed E-state index contributed by atoms with van der Waals surface area (Å²) in [6, 6.07) is 0. The lowest BCUT2D eigenvalue weighted by atomic mass is 10.2.